The average molecular weight is 421 g/mol. The second-order valence-corrected chi connectivity index (χ2v) is 6.92. The van der Waals surface area contributed by atoms with Crippen LogP contribution >= 0.6 is 28.1 Å². The molecule has 0 fully saturated rings. The smallest absolute Gasteiger partial charge is 0.257 e. The summed E-state index contributed by atoms with van der Waals surface area (Å²) in [4.78, 5) is 12.4. The van der Waals surface area contributed by atoms with Gasteiger partial charge in [0.1, 0.15) is 5.75 Å². The minimum absolute atomic E-state index is 0.271. The summed E-state index contributed by atoms with van der Waals surface area (Å²) >= 11 is 8.67. The van der Waals surface area contributed by atoms with Crippen molar-refractivity contribution in [2.75, 3.05) is 12.4 Å². The van der Waals surface area contributed by atoms with E-state index < -0.39 is 0 Å². The summed E-state index contributed by atoms with van der Waals surface area (Å²) in [5, 5.41) is 6.11. The van der Waals surface area contributed by atoms with Gasteiger partial charge in [0.15, 0.2) is 5.11 Å². The quantitative estimate of drug-likeness (QED) is 0.660. The molecule has 0 spiro atoms. The number of amides is 1. The van der Waals surface area contributed by atoms with Crippen LogP contribution < -0.4 is 15.4 Å². The van der Waals surface area contributed by atoms with Crippen LogP contribution in [0.4, 0.5) is 5.69 Å². The van der Waals surface area contributed by atoms with Crippen LogP contribution in [0, 0.1) is 0 Å². The molecule has 1 amide bonds. The van der Waals surface area contributed by atoms with Crippen LogP contribution in [0.15, 0.2) is 46.9 Å². The van der Waals surface area contributed by atoms with Crippen LogP contribution in [0.1, 0.15) is 42.1 Å². The first-order chi connectivity index (χ1) is 12.0. The number of nitrogens with one attached hydrogen (secondary N) is 2. The minimum Gasteiger partial charge on any atom is -0.496 e. The number of anilines is 1. The molecule has 25 heavy (non-hydrogen) atoms. The molecule has 1 atom stereocenters. The molecular weight excluding hydrogens is 400 g/mol. The number of methoxy groups -OCH3 is 1. The van der Waals surface area contributed by atoms with E-state index in [1.54, 1.807) is 25.3 Å². The molecule has 2 rings (SSSR count). The molecule has 0 radical (unpaired) electrons. The zero-order valence-electron chi connectivity index (χ0n) is 14.4. The molecule has 2 aromatic carbocycles. The van der Waals surface area contributed by atoms with Gasteiger partial charge in [0, 0.05) is 11.3 Å². The Bertz CT molecular complexity index is 780. The molecule has 6 heteroatoms. The highest BCUT2D eigenvalue weighted by Crippen LogP contribution is 2.27. The molecule has 0 aliphatic carbocycles. The number of thiocarbonyl (C=S) groups is 1. The van der Waals surface area contributed by atoms with E-state index in [4.69, 9.17) is 17.0 Å². The van der Waals surface area contributed by atoms with Gasteiger partial charge in [-0.25, -0.2) is 0 Å². The van der Waals surface area contributed by atoms with E-state index in [0.29, 0.717) is 21.7 Å². The van der Waals surface area contributed by atoms with Gasteiger partial charge in [-0.15, -0.1) is 0 Å². The fourth-order valence-electron chi connectivity index (χ4n) is 2.40. The molecule has 0 bridgehead atoms. The standard InChI is InChI=1S/C19H21BrN2O2S/c1-4-12(2)14-7-5-6-8-16(14)21-19(25)22-18(23)13-9-10-17(24-3)15(20)11-13/h5-12H,4H2,1-3H3,(H2,21,22,23,25). The number of rotatable bonds is 5. The summed E-state index contributed by atoms with van der Waals surface area (Å²) in [6, 6.07) is 13.1. The lowest BCUT2D eigenvalue weighted by atomic mass is 9.97. The number of carbonyl (C=O) groups excluding carboxylic acids is 1. The molecule has 0 saturated carbocycles. The Balaban J connectivity index is 2.08. The van der Waals surface area contributed by atoms with Gasteiger partial charge >= 0.3 is 0 Å². The van der Waals surface area contributed by atoms with Gasteiger partial charge in [-0.1, -0.05) is 32.0 Å². The van der Waals surface area contributed by atoms with Gasteiger partial charge in [0.05, 0.1) is 11.6 Å². The van der Waals surface area contributed by atoms with E-state index in [2.05, 4.69) is 46.5 Å². The van der Waals surface area contributed by atoms with Crippen molar-refractivity contribution in [3.63, 3.8) is 0 Å². The van der Waals surface area contributed by atoms with Crippen LogP contribution in [0.3, 0.4) is 0 Å². The highest BCUT2D eigenvalue weighted by Gasteiger charge is 2.13. The first kappa shape index (κ1) is 19.4. The van der Waals surface area contributed by atoms with Crippen LogP contribution in [-0.4, -0.2) is 18.1 Å². The number of halogens is 1. The number of ether oxygens (including phenoxy) is 1. The van der Waals surface area contributed by atoms with Gasteiger partial charge in [-0.3, -0.25) is 10.1 Å². The highest BCUT2D eigenvalue weighted by molar-refractivity contribution is 9.10. The molecule has 0 aromatic heterocycles. The van der Waals surface area contributed by atoms with Crippen molar-refractivity contribution < 1.29 is 9.53 Å². The summed E-state index contributed by atoms with van der Waals surface area (Å²) < 4.78 is 5.88. The zero-order chi connectivity index (χ0) is 18.4. The van der Waals surface area contributed by atoms with Gasteiger partial charge in [-0.05, 0) is 70.3 Å². The molecule has 1 unspecified atom stereocenters. The van der Waals surface area contributed by atoms with Crippen LogP contribution in [0.5, 0.6) is 5.75 Å². The van der Waals surface area contributed by atoms with Crippen LogP contribution in [0.25, 0.3) is 0 Å². The van der Waals surface area contributed by atoms with E-state index in [-0.39, 0.29) is 11.0 Å². The SMILES string of the molecule is CCC(C)c1ccccc1NC(=S)NC(=O)c1ccc(OC)c(Br)c1. The number of para-hydroxylation sites is 1. The monoisotopic (exact) mass is 420 g/mol. The molecule has 4 nitrogen and oxygen atoms in total. The normalized spacial score (nSPS) is 11.5. The van der Waals surface area contributed by atoms with Crippen molar-refractivity contribution in [2.45, 2.75) is 26.2 Å². The maximum atomic E-state index is 12.4. The molecule has 0 heterocycles. The molecule has 2 aromatic rings. The lowest BCUT2D eigenvalue weighted by Crippen LogP contribution is -2.34. The summed E-state index contributed by atoms with van der Waals surface area (Å²) in [5.74, 6) is 0.793. The van der Waals surface area contributed by atoms with Crippen molar-refractivity contribution >= 4 is 44.9 Å². The Kier molecular flexibility index (Phi) is 6.96. The van der Waals surface area contributed by atoms with Crippen LogP contribution in [-0.2, 0) is 0 Å². The van der Waals surface area contributed by atoms with Gasteiger partial charge < -0.3 is 10.1 Å². The van der Waals surface area contributed by atoms with Crippen LogP contribution in [0.2, 0.25) is 0 Å². The average Bonchev–Trinajstić information content (AvgIpc) is 2.61. The van der Waals surface area contributed by atoms with Gasteiger partial charge in [0.2, 0.25) is 0 Å². The number of benzene rings is 2. The predicted octanol–water partition coefficient (Wildman–Crippen LogP) is 5.10. The Hall–Kier alpha value is -1.92. The summed E-state index contributed by atoms with van der Waals surface area (Å²) in [5.41, 5.74) is 2.58. The largest absolute Gasteiger partial charge is 0.496 e. The second kappa shape index (κ2) is 8.97. The zero-order valence-corrected chi connectivity index (χ0v) is 16.8. The maximum Gasteiger partial charge on any atom is 0.257 e. The fraction of sp³-hybridized carbons (Fsp3) is 0.263. The molecule has 0 aliphatic rings. The molecule has 2 N–H and O–H groups in total. The Morgan fingerprint density at radius 2 is 2.00 bits per heavy atom. The molecule has 0 saturated heterocycles. The lowest BCUT2D eigenvalue weighted by Gasteiger charge is -2.17. The summed E-state index contributed by atoms with van der Waals surface area (Å²) in [6.07, 6.45) is 1.03. The number of hydrogen-bond acceptors (Lipinski definition) is 3. The third-order valence-electron chi connectivity index (χ3n) is 3.99. The van der Waals surface area contributed by atoms with E-state index in [1.165, 1.54) is 5.56 Å². The van der Waals surface area contributed by atoms with Gasteiger partial charge in [-0.2, -0.15) is 0 Å². The third kappa shape index (κ3) is 5.03. The Labute approximate surface area is 162 Å². The minimum atomic E-state index is -0.276. The van der Waals surface area contributed by atoms with Crippen molar-refractivity contribution in [3.8, 4) is 5.75 Å². The highest BCUT2D eigenvalue weighted by atomic mass is 79.9. The van der Waals surface area contributed by atoms with Crippen molar-refractivity contribution in [1.82, 2.24) is 5.32 Å². The maximum absolute atomic E-state index is 12.4. The number of carbonyl (C=O) groups is 1. The Morgan fingerprint density at radius 1 is 1.28 bits per heavy atom. The number of hydrogen-bond donors (Lipinski definition) is 2. The summed E-state index contributed by atoms with van der Waals surface area (Å²) in [7, 11) is 1.58. The van der Waals surface area contributed by atoms with E-state index in [0.717, 1.165) is 12.1 Å². The van der Waals surface area contributed by atoms with E-state index >= 15 is 0 Å². The van der Waals surface area contributed by atoms with Crippen molar-refractivity contribution in [2.24, 2.45) is 0 Å². The Morgan fingerprint density at radius 3 is 2.64 bits per heavy atom. The lowest BCUT2D eigenvalue weighted by molar-refractivity contribution is 0.0977. The molecule has 132 valence electrons. The molecular formula is C19H21BrN2O2S. The first-order valence-electron chi connectivity index (χ1n) is 8.01. The molecule has 0 aliphatic heterocycles. The topological polar surface area (TPSA) is 50.4 Å². The van der Waals surface area contributed by atoms with E-state index in [1.807, 2.05) is 18.2 Å². The summed E-state index contributed by atoms with van der Waals surface area (Å²) in [6.45, 7) is 4.31. The third-order valence-corrected chi connectivity index (χ3v) is 4.82. The fourth-order valence-corrected chi connectivity index (χ4v) is 3.14. The van der Waals surface area contributed by atoms with Crippen molar-refractivity contribution in [3.05, 3.63) is 58.1 Å². The second-order valence-electron chi connectivity index (χ2n) is 5.65. The van der Waals surface area contributed by atoms with Crippen molar-refractivity contribution in [1.29, 1.82) is 0 Å². The predicted molar refractivity (Wildman–Crippen MR) is 110 cm³/mol. The van der Waals surface area contributed by atoms with Gasteiger partial charge in [0.25, 0.3) is 5.91 Å². The first-order valence-corrected chi connectivity index (χ1v) is 9.21. The van der Waals surface area contributed by atoms with E-state index in [9.17, 15) is 4.79 Å².